The predicted octanol–water partition coefficient (Wildman–Crippen LogP) is 5.31. The molecular formula is C28H28F2N2O7S2. The Labute approximate surface area is 239 Å². The number of carbonyl (C=O) groups is 3. The average molecular weight is 607 g/mol. The van der Waals surface area contributed by atoms with E-state index in [1.54, 1.807) is 6.92 Å². The summed E-state index contributed by atoms with van der Waals surface area (Å²) in [4.78, 5) is 38.8. The molecule has 2 aromatic carbocycles. The van der Waals surface area contributed by atoms with Crippen molar-refractivity contribution >= 4 is 49.9 Å². The largest absolute Gasteiger partial charge is 0.462 e. The van der Waals surface area contributed by atoms with Gasteiger partial charge in [0, 0.05) is 4.88 Å². The molecule has 0 fully saturated rings. The van der Waals surface area contributed by atoms with Crippen molar-refractivity contribution in [1.29, 1.82) is 0 Å². The highest BCUT2D eigenvalue weighted by Gasteiger charge is 2.31. The Hall–Kier alpha value is -3.84. The van der Waals surface area contributed by atoms with E-state index in [0.29, 0.717) is 35.0 Å². The van der Waals surface area contributed by atoms with Gasteiger partial charge in [-0.05, 0) is 74.9 Å². The van der Waals surface area contributed by atoms with Crippen molar-refractivity contribution < 1.29 is 41.1 Å². The molecule has 13 heteroatoms. The molecule has 0 aliphatic heterocycles. The summed E-state index contributed by atoms with van der Waals surface area (Å²) in [5.41, 5.74) is 0.621. The van der Waals surface area contributed by atoms with E-state index in [2.05, 4.69) is 17.0 Å². The number of hydrogen-bond donors (Lipinski definition) is 2. The van der Waals surface area contributed by atoms with Crippen molar-refractivity contribution in [3.05, 3.63) is 75.7 Å². The SMILES string of the molecule is CCOC(=O)c1c(NC(=O)C(C)OC(=O)c2ccccc2NS(=O)(=O)c2cc(F)ccc2F)sc2c1CCC(C)C2. The molecule has 9 nitrogen and oxygen atoms in total. The third-order valence-electron chi connectivity index (χ3n) is 6.46. The standard InChI is InChI=1S/C28H28F2N2O7S2/c1-4-38-28(35)24-19-11-9-15(2)13-22(19)40-26(24)31-25(33)16(3)39-27(34)18-7-5-6-8-21(18)32-41(36,37)23-14-17(29)10-12-20(23)30/h5-8,10,12,14-16,32H,4,9,11,13H2,1-3H3,(H,31,33). The lowest BCUT2D eigenvalue weighted by molar-refractivity contribution is -0.123. The molecule has 0 saturated carbocycles. The van der Waals surface area contributed by atoms with E-state index >= 15 is 0 Å². The maximum atomic E-state index is 14.1. The van der Waals surface area contributed by atoms with E-state index in [0.717, 1.165) is 29.3 Å². The predicted molar refractivity (Wildman–Crippen MR) is 149 cm³/mol. The second kappa shape index (κ2) is 12.4. The van der Waals surface area contributed by atoms with E-state index in [9.17, 15) is 31.6 Å². The van der Waals surface area contributed by atoms with Gasteiger partial charge in [0.1, 0.15) is 21.5 Å². The molecule has 3 aromatic rings. The minimum atomic E-state index is -4.63. The number of esters is 2. The maximum Gasteiger partial charge on any atom is 0.341 e. The first-order valence-electron chi connectivity index (χ1n) is 12.8. The Bertz CT molecular complexity index is 1600. The summed E-state index contributed by atoms with van der Waals surface area (Å²) in [6, 6.07) is 7.29. The number of amides is 1. The van der Waals surface area contributed by atoms with Crippen LogP contribution < -0.4 is 10.0 Å². The number of fused-ring (bicyclic) bond motifs is 1. The molecule has 1 aliphatic rings. The molecule has 41 heavy (non-hydrogen) atoms. The Morgan fingerprint density at radius 2 is 1.85 bits per heavy atom. The number of rotatable bonds is 9. The van der Waals surface area contributed by atoms with Crippen LogP contribution in [-0.4, -0.2) is 39.0 Å². The van der Waals surface area contributed by atoms with Gasteiger partial charge in [0.25, 0.3) is 15.9 Å². The van der Waals surface area contributed by atoms with Crippen LogP contribution in [0.5, 0.6) is 0 Å². The third kappa shape index (κ3) is 6.73. The van der Waals surface area contributed by atoms with Gasteiger partial charge in [-0.2, -0.15) is 0 Å². The van der Waals surface area contributed by atoms with Crippen LogP contribution >= 0.6 is 11.3 Å². The Morgan fingerprint density at radius 1 is 1.12 bits per heavy atom. The molecule has 218 valence electrons. The van der Waals surface area contributed by atoms with Gasteiger partial charge in [0.2, 0.25) is 0 Å². The van der Waals surface area contributed by atoms with Crippen molar-refractivity contribution in [3.8, 4) is 0 Å². The molecule has 4 rings (SSSR count). The first-order valence-corrected chi connectivity index (χ1v) is 15.1. The first-order chi connectivity index (χ1) is 19.4. The smallest absolute Gasteiger partial charge is 0.341 e. The van der Waals surface area contributed by atoms with Gasteiger partial charge in [0.05, 0.1) is 23.4 Å². The minimum absolute atomic E-state index is 0.163. The fraction of sp³-hybridized carbons (Fsp3) is 0.321. The van der Waals surface area contributed by atoms with Crippen molar-refractivity contribution in [1.82, 2.24) is 0 Å². The average Bonchev–Trinajstić information content (AvgIpc) is 3.26. The molecule has 1 aliphatic carbocycles. The second-order valence-corrected chi connectivity index (χ2v) is 12.3. The monoisotopic (exact) mass is 606 g/mol. The van der Waals surface area contributed by atoms with Gasteiger partial charge < -0.3 is 14.8 Å². The summed E-state index contributed by atoms with van der Waals surface area (Å²) in [7, 11) is -4.63. The summed E-state index contributed by atoms with van der Waals surface area (Å²) >= 11 is 1.28. The van der Waals surface area contributed by atoms with Gasteiger partial charge in [0.15, 0.2) is 6.10 Å². The van der Waals surface area contributed by atoms with Crippen molar-refractivity contribution in [2.24, 2.45) is 5.92 Å². The van der Waals surface area contributed by atoms with Crippen LogP contribution in [0.1, 0.15) is 58.3 Å². The number of sulfonamides is 1. The molecule has 2 N–H and O–H groups in total. The van der Waals surface area contributed by atoms with Crippen molar-refractivity contribution in [2.75, 3.05) is 16.6 Å². The highest BCUT2D eigenvalue weighted by molar-refractivity contribution is 7.92. The summed E-state index contributed by atoms with van der Waals surface area (Å²) in [5, 5.41) is 2.98. The van der Waals surface area contributed by atoms with Crippen molar-refractivity contribution in [2.45, 2.75) is 51.0 Å². The van der Waals surface area contributed by atoms with Crippen LogP contribution in [0.2, 0.25) is 0 Å². The molecule has 2 atom stereocenters. The van der Waals surface area contributed by atoms with Gasteiger partial charge in [-0.25, -0.2) is 26.8 Å². The third-order valence-corrected chi connectivity index (χ3v) is 9.01. The summed E-state index contributed by atoms with van der Waals surface area (Å²) in [6.45, 7) is 5.28. The number of ether oxygens (including phenoxy) is 2. The molecule has 2 unspecified atom stereocenters. The van der Waals surface area contributed by atoms with Crippen LogP contribution in [-0.2, 0) is 37.1 Å². The van der Waals surface area contributed by atoms with Gasteiger partial charge in [-0.1, -0.05) is 19.1 Å². The molecule has 1 aromatic heterocycles. The topological polar surface area (TPSA) is 128 Å². The van der Waals surface area contributed by atoms with Crippen molar-refractivity contribution in [3.63, 3.8) is 0 Å². The quantitative estimate of drug-likeness (QED) is 0.316. The highest BCUT2D eigenvalue weighted by Crippen LogP contribution is 2.40. The van der Waals surface area contributed by atoms with E-state index < -0.39 is 50.5 Å². The lowest BCUT2D eigenvalue weighted by atomic mass is 9.88. The zero-order valence-electron chi connectivity index (χ0n) is 22.5. The molecule has 0 radical (unpaired) electrons. The fourth-order valence-corrected chi connectivity index (χ4v) is 6.95. The Morgan fingerprint density at radius 3 is 2.59 bits per heavy atom. The Balaban J connectivity index is 1.52. The van der Waals surface area contributed by atoms with Crippen LogP contribution in [0.3, 0.4) is 0 Å². The number of benzene rings is 2. The molecule has 1 amide bonds. The van der Waals surface area contributed by atoms with E-state index in [4.69, 9.17) is 9.47 Å². The first kappa shape index (κ1) is 30.1. The molecule has 0 spiro atoms. The number of anilines is 2. The molecule has 0 saturated heterocycles. The fourth-order valence-electron chi connectivity index (χ4n) is 4.38. The lowest BCUT2D eigenvalue weighted by Gasteiger charge is -2.18. The number of thiophene rings is 1. The molecular weight excluding hydrogens is 578 g/mol. The summed E-state index contributed by atoms with van der Waals surface area (Å²) < 4.78 is 65.8. The number of carbonyl (C=O) groups excluding carboxylic acids is 3. The van der Waals surface area contributed by atoms with Crippen LogP contribution in [0.25, 0.3) is 0 Å². The maximum absolute atomic E-state index is 14.1. The number of halogens is 2. The van der Waals surface area contributed by atoms with E-state index in [1.807, 2.05) is 0 Å². The summed E-state index contributed by atoms with van der Waals surface area (Å²) in [5.74, 6) is -4.03. The Kier molecular flexibility index (Phi) is 9.08. The zero-order valence-corrected chi connectivity index (χ0v) is 24.1. The second-order valence-electron chi connectivity index (χ2n) is 9.54. The van der Waals surface area contributed by atoms with E-state index in [-0.39, 0.29) is 17.9 Å². The molecule has 1 heterocycles. The van der Waals surface area contributed by atoms with Crippen LogP contribution in [0.4, 0.5) is 19.5 Å². The highest BCUT2D eigenvalue weighted by atomic mass is 32.2. The van der Waals surface area contributed by atoms with Gasteiger partial charge >= 0.3 is 11.9 Å². The van der Waals surface area contributed by atoms with E-state index in [1.165, 1.54) is 42.5 Å². The lowest BCUT2D eigenvalue weighted by Crippen LogP contribution is -2.30. The van der Waals surface area contributed by atoms with Crippen LogP contribution in [0, 0.1) is 17.6 Å². The normalized spacial score (nSPS) is 15.4. The number of para-hydroxylation sites is 1. The van der Waals surface area contributed by atoms with Gasteiger partial charge in [-0.3, -0.25) is 9.52 Å². The van der Waals surface area contributed by atoms with Gasteiger partial charge in [-0.15, -0.1) is 11.3 Å². The van der Waals surface area contributed by atoms with Crippen LogP contribution in [0.15, 0.2) is 47.4 Å². The number of nitrogens with one attached hydrogen (secondary N) is 2. The summed E-state index contributed by atoms with van der Waals surface area (Å²) in [6.07, 6.45) is 0.986. The molecule has 0 bridgehead atoms. The number of hydrogen-bond acceptors (Lipinski definition) is 8. The minimum Gasteiger partial charge on any atom is -0.462 e. The zero-order chi connectivity index (χ0) is 29.9.